The molecule has 26 heavy (non-hydrogen) atoms. The second-order valence-corrected chi connectivity index (χ2v) is 6.18. The van der Waals surface area contributed by atoms with Crippen LogP contribution in [0, 0.1) is 0 Å². The maximum atomic E-state index is 12.2. The molecule has 0 bridgehead atoms. The van der Waals surface area contributed by atoms with Crippen molar-refractivity contribution >= 4 is 17.8 Å². The van der Waals surface area contributed by atoms with Gasteiger partial charge in [0.05, 0.1) is 20.3 Å². The molecule has 2 rings (SSSR count). The summed E-state index contributed by atoms with van der Waals surface area (Å²) in [5.41, 5.74) is 0.812. The van der Waals surface area contributed by atoms with Gasteiger partial charge in [-0.2, -0.15) is 0 Å². The van der Waals surface area contributed by atoms with Gasteiger partial charge in [-0.3, -0.25) is 14.5 Å². The van der Waals surface area contributed by atoms with E-state index in [0.29, 0.717) is 17.9 Å². The maximum Gasteiger partial charge on any atom is 0.326 e. The molecule has 0 unspecified atom stereocenters. The Hall–Kier alpha value is -2.77. The highest BCUT2D eigenvalue weighted by Gasteiger charge is 2.32. The quantitative estimate of drug-likeness (QED) is 0.708. The molecule has 0 saturated carbocycles. The number of benzene rings is 1. The van der Waals surface area contributed by atoms with Gasteiger partial charge in [-0.15, -0.1) is 0 Å². The molecule has 1 aliphatic rings. The van der Waals surface area contributed by atoms with Gasteiger partial charge in [0.1, 0.15) is 18.0 Å². The second kappa shape index (κ2) is 8.55. The Bertz CT molecular complexity index is 691. The van der Waals surface area contributed by atoms with Gasteiger partial charge in [-0.05, 0) is 31.5 Å². The smallest absolute Gasteiger partial charge is 0.326 e. The molecule has 1 N–H and O–H groups in total. The van der Waals surface area contributed by atoms with Crippen LogP contribution in [0.4, 0.5) is 4.79 Å². The summed E-state index contributed by atoms with van der Waals surface area (Å²) < 4.78 is 10.6. The van der Waals surface area contributed by atoms with Gasteiger partial charge in [0, 0.05) is 25.6 Å². The normalized spacial score (nSPS) is 15.2. The molecule has 1 heterocycles. The molecule has 1 aromatic carbocycles. The van der Waals surface area contributed by atoms with E-state index >= 15 is 0 Å². The largest absolute Gasteiger partial charge is 0.497 e. The molecule has 0 spiro atoms. The van der Waals surface area contributed by atoms with Crippen molar-refractivity contribution in [2.45, 2.75) is 25.8 Å². The number of amides is 4. The average molecular weight is 363 g/mol. The molecule has 1 fully saturated rings. The molecule has 8 nitrogen and oxygen atoms in total. The first-order chi connectivity index (χ1) is 12.4. The Balaban J connectivity index is 1.88. The Morgan fingerprint density at radius 2 is 2.00 bits per heavy atom. The number of nitrogens with zero attached hydrogens (tertiary/aromatic N) is 2. The Morgan fingerprint density at radius 1 is 1.27 bits per heavy atom. The van der Waals surface area contributed by atoms with Crippen LogP contribution >= 0.6 is 0 Å². The van der Waals surface area contributed by atoms with Crippen LogP contribution in [-0.2, 0) is 9.59 Å². The number of likely N-dealkylation sites (N-methyl/N-ethyl adjacent to an activating group) is 1. The highest BCUT2D eigenvalue weighted by atomic mass is 16.5. The minimum atomic E-state index is -0.315. The zero-order valence-electron chi connectivity index (χ0n) is 15.6. The number of carbonyl (C=O) groups excluding carboxylic acids is 3. The first-order valence-corrected chi connectivity index (χ1v) is 8.44. The zero-order chi connectivity index (χ0) is 19.3. The number of nitrogens with one attached hydrogen (secondary N) is 1. The van der Waals surface area contributed by atoms with Crippen molar-refractivity contribution in [1.29, 1.82) is 0 Å². The fourth-order valence-corrected chi connectivity index (χ4v) is 2.86. The van der Waals surface area contributed by atoms with Crippen LogP contribution in [0.25, 0.3) is 0 Å². The van der Waals surface area contributed by atoms with Crippen molar-refractivity contribution < 1.29 is 23.9 Å². The topological polar surface area (TPSA) is 88.2 Å². The van der Waals surface area contributed by atoms with Crippen LogP contribution in [0.5, 0.6) is 11.5 Å². The van der Waals surface area contributed by atoms with Gasteiger partial charge in [0.25, 0.3) is 0 Å². The van der Waals surface area contributed by atoms with Crippen LogP contribution in [0.1, 0.15) is 31.4 Å². The molecule has 0 aliphatic carbocycles. The SMILES string of the molecule is COc1ccc(OC)c([C@H](C)NC(=O)CCCN2C(=O)CN(C)C2=O)c1. The summed E-state index contributed by atoms with van der Waals surface area (Å²) in [5.74, 6) is 0.953. The standard InChI is InChI=1S/C18H25N3O5/c1-12(14-10-13(25-3)7-8-15(14)26-4)19-16(22)6-5-9-21-17(23)11-20(2)18(21)24/h7-8,10,12H,5-6,9,11H2,1-4H3,(H,19,22)/t12-/m0/s1. The summed E-state index contributed by atoms with van der Waals surface area (Å²) in [6.07, 6.45) is 0.635. The summed E-state index contributed by atoms with van der Waals surface area (Å²) in [6, 6.07) is 4.82. The number of rotatable bonds is 8. The van der Waals surface area contributed by atoms with Gasteiger partial charge >= 0.3 is 6.03 Å². The van der Waals surface area contributed by atoms with Crippen LogP contribution in [0.3, 0.4) is 0 Å². The maximum absolute atomic E-state index is 12.2. The van der Waals surface area contributed by atoms with Crippen molar-refractivity contribution in [3.8, 4) is 11.5 Å². The number of methoxy groups -OCH3 is 2. The fourth-order valence-electron chi connectivity index (χ4n) is 2.86. The molecular formula is C18H25N3O5. The van der Waals surface area contributed by atoms with Crippen LogP contribution in [0.15, 0.2) is 18.2 Å². The van der Waals surface area contributed by atoms with E-state index in [2.05, 4.69) is 5.32 Å². The fraction of sp³-hybridized carbons (Fsp3) is 0.500. The lowest BCUT2D eigenvalue weighted by Crippen LogP contribution is -2.33. The number of urea groups is 1. The third-order valence-electron chi connectivity index (χ3n) is 4.30. The van der Waals surface area contributed by atoms with E-state index in [0.717, 1.165) is 5.56 Å². The van der Waals surface area contributed by atoms with Crippen LogP contribution in [-0.4, -0.2) is 62.0 Å². The summed E-state index contributed by atoms with van der Waals surface area (Å²) in [5, 5.41) is 2.91. The van der Waals surface area contributed by atoms with E-state index in [4.69, 9.17) is 9.47 Å². The van der Waals surface area contributed by atoms with E-state index in [9.17, 15) is 14.4 Å². The Labute approximate surface area is 153 Å². The molecule has 4 amide bonds. The molecule has 1 saturated heterocycles. The van der Waals surface area contributed by atoms with Crippen molar-refractivity contribution in [2.75, 3.05) is 34.4 Å². The molecule has 142 valence electrons. The monoisotopic (exact) mass is 363 g/mol. The first kappa shape index (κ1) is 19.6. The van der Waals surface area contributed by atoms with Crippen molar-refractivity contribution in [3.63, 3.8) is 0 Å². The van der Waals surface area contributed by atoms with E-state index in [1.54, 1.807) is 33.4 Å². The van der Waals surface area contributed by atoms with E-state index in [1.165, 1.54) is 9.80 Å². The van der Waals surface area contributed by atoms with Crippen LogP contribution < -0.4 is 14.8 Å². The van der Waals surface area contributed by atoms with Crippen LogP contribution in [0.2, 0.25) is 0 Å². The Morgan fingerprint density at radius 3 is 2.58 bits per heavy atom. The lowest BCUT2D eigenvalue weighted by Gasteiger charge is -2.19. The van der Waals surface area contributed by atoms with E-state index < -0.39 is 0 Å². The highest BCUT2D eigenvalue weighted by Crippen LogP contribution is 2.29. The number of hydrogen-bond acceptors (Lipinski definition) is 5. The lowest BCUT2D eigenvalue weighted by molar-refractivity contribution is -0.126. The summed E-state index contributed by atoms with van der Waals surface area (Å²) in [7, 11) is 4.73. The van der Waals surface area contributed by atoms with E-state index in [1.807, 2.05) is 13.0 Å². The number of carbonyl (C=O) groups is 3. The predicted octanol–water partition coefficient (Wildman–Crippen LogP) is 1.56. The van der Waals surface area contributed by atoms with Gasteiger partial charge in [-0.25, -0.2) is 4.79 Å². The van der Waals surface area contributed by atoms with Gasteiger partial charge < -0.3 is 19.7 Å². The number of hydrogen-bond donors (Lipinski definition) is 1. The lowest BCUT2D eigenvalue weighted by atomic mass is 10.1. The molecule has 1 aromatic rings. The summed E-state index contributed by atoms with van der Waals surface area (Å²) in [6.45, 7) is 2.20. The molecule has 1 atom stereocenters. The van der Waals surface area contributed by atoms with E-state index in [-0.39, 0.29) is 43.4 Å². The minimum Gasteiger partial charge on any atom is -0.497 e. The van der Waals surface area contributed by atoms with Crippen molar-refractivity contribution in [3.05, 3.63) is 23.8 Å². The van der Waals surface area contributed by atoms with Crippen molar-refractivity contribution in [1.82, 2.24) is 15.1 Å². The van der Waals surface area contributed by atoms with Gasteiger partial charge in [0.15, 0.2) is 0 Å². The minimum absolute atomic E-state index is 0.0949. The zero-order valence-corrected chi connectivity index (χ0v) is 15.6. The third-order valence-corrected chi connectivity index (χ3v) is 4.30. The first-order valence-electron chi connectivity index (χ1n) is 8.44. The van der Waals surface area contributed by atoms with Crippen molar-refractivity contribution in [2.24, 2.45) is 0 Å². The molecule has 1 aliphatic heterocycles. The highest BCUT2D eigenvalue weighted by molar-refractivity contribution is 6.01. The number of imide groups is 1. The van der Waals surface area contributed by atoms with Gasteiger partial charge in [0.2, 0.25) is 11.8 Å². The molecule has 0 radical (unpaired) electrons. The Kier molecular flexibility index (Phi) is 6.43. The molecule has 0 aromatic heterocycles. The number of ether oxygens (including phenoxy) is 2. The predicted molar refractivity (Wildman–Crippen MR) is 95.1 cm³/mol. The molecular weight excluding hydrogens is 338 g/mol. The summed E-state index contributed by atoms with van der Waals surface area (Å²) in [4.78, 5) is 38.2. The summed E-state index contributed by atoms with van der Waals surface area (Å²) >= 11 is 0. The average Bonchev–Trinajstić information content (AvgIpc) is 2.87. The second-order valence-electron chi connectivity index (χ2n) is 6.18. The van der Waals surface area contributed by atoms with Gasteiger partial charge in [-0.1, -0.05) is 0 Å². The third kappa shape index (κ3) is 4.44. The molecule has 8 heteroatoms.